The number of phenolic OH excluding ortho intramolecular Hbond substituents is 2. The van der Waals surface area contributed by atoms with Gasteiger partial charge in [0.2, 0.25) is 0 Å². The number of allylic oxidation sites excluding steroid dienone is 1. The second-order valence-electron chi connectivity index (χ2n) is 8.29. The number of methoxy groups -OCH3 is 1. The van der Waals surface area contributed by atoms with Gasteiger partial charge in [-0.25, -0.2) is 4.39 Å². The van der Waals surface area contributed by atoms with Crippen molar-refractivity contribution in [2.24, 2.45) is 0 Å². The smallest absolute Gasteiger partial charge is 0.335 e. The zero-order chi connectivity index (χ0) is 26.2. The van der Waals surface area contributed by atoms with E-state index < -0.39 is 11.6 Å². The van der Waals surface area contributed by atoms with Gasteiger partial charge in [0.15, 0.2) is 0 Å². The van der Waals surface area contributed by atoms with Gasteiger partial charge in [-0.05, 0) is 84.7 Å². The van der Waals surface area contributed by atoms with Crippen LogP contribution in [0.3, 0.4) is 0 Å². The van der Waals surface area contributed by atoms with E-state index in [4.69, 9.17) is 13.2 Å². The number of fused-ring (bicyclic) bond motifs is 2. The fourth-order valence-corrected chi connectivity index (χ4v) is 4.36. The van der Waals surface area contributed by atoms with Gasteiger partial charge in [0.1, 0.15) is 23.1 Å². The Balaban J connectivity index is 0.000000232. The lowest BCUT2D eigenvalue weighted by molar-refractivity contribution is 0.410. The SMILES string of the molecule is COc1ccc(F)cc1C.Cc1cc(-c2c(O)ccc3c2C=CCC3)c(O)c2ccccc12.O=S=O. The van der Waals surface area contributed by atoms with Crippen LogP contribution in [0, 0.1) is 19.7 Å². The molecule has 5 rings (SSSR count). The third kappa shape index (κ3) is 5.80. The van der Waals surface area contributed by atoms with Crippen molar-refractivity contribution in [3.05, 3.63) is 94.8 Å². The minimum atomic E-state index is -0.750. The van der Waals surface area contributed by atoms with E-state index >= 15 is 0 Å². The van der Waals surface area contributed by atoms with E-state index in [2.05, 4.69) is 12.2 Å². The molecule has 0 radical (unpaired) electrons. The normalized spacial score (nSPS) is 11.4. The second kappa shape index (κ2) is 12.1. The van der Waals surface area contributed by atoms with Gasteiger partial charge in [0.25, 0.3) is 0 Å². The third-order valence-electron chi connectivity index (χ3n) is 6.03. The summed E-state index contributed by atoms with van der Waals surface area (Å²) < 4.78 is 33.9. The van der Waals surface area contributed by atoms with Crippen molar-refractivity contribution in [1.29, 1.82) is 0 Å². The highest BCUT2D eigenvalue weighted by atomic mass is 32.1. The molecule has 5 nitrogen and oxygen atoms in total. The number of benzene rings is 4. The summed E-state index contributed by atoms with van der Waals surface area (Å²) in [4.78, 5) is 0. The molecule has 0 fully saturated rings. The molecule has 1 aliphatic carbocycles. The van der Waals surface area contributed by atoms with E-state index in [-0.39, 0.29) is 17.3 Å². The lowest BCUT2D eigenvalue weighted by Gasteiger charge is -2.19. The van der Waals surface area contributed by atoms with Crippen molar-refractivity contribution in [2.75, 3.05) is 7.11 Å². The standard InChI is InChI=1S/C21H18O2.C8H9FO.O2S/c1-13-12-18(21(23)17-9-5-4-7-15(13)17)20-16-8-3-2-6-14(16)10-11-19(20)22;1-6-5-7(9)3-4-8(6)10-2;1-3-2/h3-5,7-12,22-23H,2,6H2,1H3;3-5H,1-2H3;. The first-order valence-electron chi connectivity index (χ1n) is 11.3. The Kier molecular flexibility index (Phi) is 8.97. The van der Waals surface area contributed by atoms with E-state index in [0.717, 1.165) is 51.6 Å². The molecule has 0 saturated carbocycles. The van der Waals surface area contributed by atoms with Crippen molar-refractivity contribution < 1.29 is 27.8 Å². The highest BCUT2D eigenvalue weighted by molar-refractivity contribution is 7.51. The number of hydrogen-bond donors (Lipinski definition) is 2. The van der Waals surface area contributed by atoms with Gasteiger partial charge in [-0.1, -0.05) is 42.5 Å². The van der Waals surface area contributed by atoms with Crippen LogP contribution in [0.5, 0.6) is 17.2 Å². The highest BCUT2D eigenvalue weighted by Crippen LogP contribution is 2.44. The van der Waals surface area contributed by atoms with E-state index in [1.165, 1.54) is 17.7 Å². The molecule has 0 unspecified atom stereocenters. The van der Waals surface area contributed by atoms with E-state index in [9.17, 15) is 14.6 Å². The Bertz CT molecular complexity index is 1460. The molecule has 36 heavy (non-hydrogen) atoms. The van der Waals surface area contributed by atoms with Gasteiger partial charge in [-0.15, -0.1) is 0 Å². The van der Waals surface area contributed by atoms with Gasteiger partial charge in [0.05, 0.1) is 7.11 Å². The highest BCUT2D eigenvalue weighted by Gasteiger charge is 2.19. The third-order valence-corrected chi connectivity index (χ3v) is 6.03. The molecule has 7 heteroatoms. The Labute approximate surface area is 213 Å². The van der Waals surface area contributed by atoms with Gasteiger partial charge in [-0.2, -0.15) is 8.42 Å². The second-order valence-corrected chi connectivity index (χ2v) is 8.43. The Morgan fingerprint density at radius 2 is 1.61 bits per heavy atom. The van der Waals surface area contributed by atoms with Crippen LogP contribution in [0.2, 0.25) is 0 Å². The van der Waals surface area contributed by atoms with Crippen molar-refractivity contribution >= 4 is 28.4 Å². The maximum Gasteiger partial charge on any atom is 0.335 e. The molecule has 0 heterocycles. The molecule has 0 saturated heterocycles. The van der Waals surface area contributed by atoms with Crippen molar-refractivity contribution in [3.8, 4) is 28.4 Å². The minimum Gasteiger partial charge on any atom is -0.507 e. The maximum atomic E-state index is 12.4. The summed E-state index contributed by atoms with van der Waals surface area (Å²) in [7, 11) is 1.57. The van der Waals surface area contributed by atoms with E-state index in [0.29, 0.717) is 5.56 Å². The topological polar surface area (TPSA) is 83.8 Å². The summed E-state index contributed by atoms with van der Waals surface area (Å²) >= 11 is -0.750. The van der Waals surface area contributed by atoms with Crippen LogP contribution in [0.1, 0.15) is 28.7 Å². The molecular weight excluding hydrogens is 479 g/mol. The molecule has 0 aromatic heterocycles. The van der Waals surface area contributed by atoms with Crippen LogP contribution in [-0.4, -0.2) is 25.7 Å². The van der Waals surface area contributed by atoms with Crippen LogP contribution in [0.4, 0.5) is 4.39 Å². The summed E-state index contributed by atoms with van der Waals surface area (Å²) in [5.74, 6) is 0.939. The lowest BCUT2D eigenvalue weighted by atomic mass is 9.87. The van der Waals surface area contributed by atoms with Crippen LogP contribution in [-0.2, 0) is 18.0 Å². The van der Waals surface area contributed by atoms with Crippen molar-refractivity contribution in [2.45, 2.75) is 26.7 Å². The zero-order valence-corrected chi connectivity index (χ0v) is 21.1. The van der Waals surface area contributed by atoms with Gasteiger partial charge in [-0.3, -0.25) is 0 Å². The monoisotopic (exact) mass is 506 g/mol. The summed E-state index contributed by atoms with van der Waals surface area (Å²) in [5, 5.41) is 23.1. The molecule has 4 aromatic carbocycles. The first-order chi connectivity index (χ1) is 17.3. The van der Waals surface area contributed by atoms with Crippen molar-refractivity contribution in [1.82, 2.24) is 0 Å². The number of aryl methyl sites for hydroxylation is 3. The fraction of sp³-hybridized carbons (Fsp3) is 0.172. The molecule has 0 bridgehead atoms. The first kappa shape index (κ1) is 26.6. The Morgan fingerprint density at radius 3 is 2.28 bits per heavy atom. The molecule has 0 atom stereocenters. The lowest BCUT2D eigenvalue weighted by Crippen LogP contribution is -1.98. The maximum absolute atomic E-state index is 12.4. The summed E-state index contributed by atoms with van der Waals surface area (Å²) in [6, 6.07) is 17.9. The number of ether oxygens (including phenoxy) is 1. The summed E-state index contributed by atoms with van der Waals surface area (Å²) in [6.07, 6.45) is 6.15. The predicted octanol–water partition coefficient (Wildman–Crippen LogP) is 6.66. The minimum absolute atomic E-state index is 0.209. The van der Waals surface area contributed by atoms with E-state index in [1.807, 2.05) is 50.2 Å². The number of hydrogen-bond acceptors (Lipinski definition) is 5. The van der Waals surface area contributed by atoms with Gasteiger partial charge in [0, 0.05) is 16.5 Å². The van der Waals surface area contributed by atoms with Crippen LogP contribution in [0.15, 0.2) is 66.7 Å². The van der Waals surface area contributed by atoms with Crippen LogP contribution < -0.4 is 4.74 Å². The first-order valence-corrected chi connectivity index (χ1v) is 11.9. The Morgan fingerprint density at radius 1 is 0.917 bits per heavy atom. The number of aromatic hydroxyl groups is 2. The van der Waals surface area contributed by atoms with Gasteiger partial charge < -0.3 is 14.9 Å². The van der Waals surface area contributed by atoms with E-state index in [1.54, 1.807) is 19.2 Å². The molecule has 0 spiro atoms. The quantitative estimate of drug-likeness (QED) is 0.318. The molecule has 0 aliphatic heterocycles. The number of halogens is 1. The summed E-state index contributed by atoms with van der Waals surface area (Å²) in [6.45, 7) is 3.84. The molecule has 4 aromatic rings. The van der Waals surface area contributed by atoms with Crippen molar-refractivity contribution in [3.63, 3.8) is 0 Å². The average Bonchev–Trinajstić information content (AvgIpc) is 2.87. The fourth-order valence-electron chi connectivity index (χ4n) is 4.36. The predicted molar refractivity (Wildman–Crippen MR) is 141 cm³/mol. The average molecular weight is 507 g/mol. The zero-order valence-electron chi connectivity index (χ0n) is 20.2. The van der Waals surface area contributed by atoms with Crippen LogP contribution >= 0.6 is 0 Å². The molecule has 186 valence electrons. The number of rotatable bonds is 2. The molecule has 2 N–H and O–H groups in total. The Hall–Kier alpha value is -3.97. The van der Waals surface area contributed by atoms with Gasteiger partial charge >= 0.3 is 11.6 Å². The molecule has 1 aliphatic rings. The molecule has 0 amide bonds. The largest absolute Gasteiger partial charge is 0.507 e. The molecular formula is C29H27FO5S. The number of phenols is 2. The summed E-state index contributed by atoms with van der Waals surface area (Å²) in [5.41, 5.74) is 5.56. The van der Waals surface area contributed by atoms with Crippen LogP contribution in [0.25, 0.3) is 28.0 Å².